The van der Waals surface area contributed by atoms with E-state index in [0.717, 1.165) is 16.6 Å². The van der Waals surface area contributed by atoms with Crippen molar-refractivity contribution in [3.8, 4) is 17.2 Å². The third kappa shape index (κ3) is 3.10. The summed E-state index contributed by atoms with van der Waals surface area (Å²) in [6.45, 7) is 1.97. The largest absolute Gasteiger partial charge is 0.496 e. The van der Waals surface area contributed by atoms with E-state index in [4.69, 9.17) is 14.2 Å². The minimum absolute atomic E-state index is 0.245. The Morgan fingerprint density at radius 2 is 1.76 bits per heavy atom. The quantitative estimate of drug-likeness (QED) is 0.742. The van der Waals surface area contributed by atoms with Gasteiger partial charge in [-0.2, -0.15) is 0 Å². The molecule has 2 aromatic carbocycles. The molecule has 0 atom stereocenters. The molecular weight excluding hydrogens is 320 g/mol. The molecule has 0 unspecified atom stereocenters. The zero-order chi connectivity index (χ0) is 18.0. The van der Waals surface area contributed by atoms with Crippen molar-refractivity contribution in [1.82, 2.24) is 4.98 Å². The van der Waals surface area contributed by atoms with E-state index < -0.39 is 0 Å². The number of carbonyl (C=O) groups is 1. The monoisotopic (exact) mass is 340 g/mol. The highest BCUT2D eigenvalue weighted by atomic mass is 16.5. The zero-order valence-electron chi connectivity index (χ0n) is 14.6. The first-order chi connectivity index (χ1) is 12.1. The van der Waals surface area contributed by atoms with Crippen LogP contribution in [0.4, 0.5) is 5.69 Å². The van der Waals surface area contributed by atoms with Gasteiger partial charge in [-0.15, -0.1) is 0 Å². The van der Waals surface area contributed by atoms with E-state index in [1.165, 1.54) is 0 Å². The van der Waals surface area contributed by atoms with Crippen molar-refractivity contribution in [2.75, 3.05) is 26.6 Å². The number of fused-ring (bicyclic) bond motifs is 1. The molecule has 3 rings (SSSR count). The van der Waals surface area contributed by atoms with Crippen LogP contribution in [-0.4, -0.2) is 32.2 Å². The maximum absolute atomic E-state index is 12.6. The number of amides is 1. The summed E-state index contributed by atoms with van der Waals surface area (Å²) in [6.07, 6.45) is 0. The van der Waals surface area contributed by atoms with Crippen LogP contribution in [0.5, 0.6) is 17.2 Å². The number of hydrogen-bond donors (Lipinski definition) is 2. The number of H-pyrrole nitrogens is 1. The minimum Gasteiger partial charge on any atom is -0.496 e. The number of benzene rings is 2. The van der Waals surface area contributed by atoms with Gasteiger partial charge in [0.25, 0.3) is 5.91 Å². The van der Waals surface area contributed by atoms with Crippen molar-refractivity contribution in [1.29, 1.82) is 0 Å². The van der Waals surface area contributed by atoms with Crippen LogP contribution in [-0.2, 0) is 0 Å². The van der Waals surface area contributed by atoms with Crippen molar-refractivity contribution >= 4 is 22.5 Å². The van der Waals surface area contributed by atoms with Crippen molar-refractivity contribution < 1.29 is 19.0 Å². The molecule has 1 amide bonds. The molecule has 25 heavy (non-hydrogen) atoms. The highest BCUT2D eigenvalue weighted by molar-refractivity contribution is 6.08. The van der Waals surface area contributed by atoms with E-state index in [9.17, 15) is 4.79 Å². The number of aromatic nitrogens is 1. The smallest absolute Gasteiger partial charge is 0.272 e. The molecule has 0 aliphatic rings. The summed E-state index contributed by atoms with van der Waals surface area (Å²) in [5.41, 5.74) is 2.86. The Morgan fingerprint density at radius 3 is 2.40 bits per heavy atom. The summed E-state index contributed by atoms with van der Waals surface area (Å²) in [5.74, 6) is 1.40. The summed E-state index contributed by atoms with van der Waals surface area (Å²) in [4.78, 5) is 15.7. The molecular formula is C19H20N2O4. The van der Waals surface area contributed by atoms with Crippen LogP contribution >= 0.6 is 0 Å². The standard InChI is InChI=1S/C19H20N2O4/c1-11-6-5-7-12(8-11)20-19(22)14-9-13-15(23-2)10-16(24-3)18(25-4)17(13)21-14/h5-10,21H,1-4H3,(H,20,22). The molecule has 0 saturated carbocycles. The van der Waals surface area contributed by atoms with Crippen molar-refractivity contribution in [3.05, 3.63) is 47.7 Å². The number of hydrogen-bond acceptors (Lipinski definition) is 4. The second kappa shape index (κ2) is 6.76. The van der Waals surface area contributed by atoms with E-state index in [1.54, 1.807) is 33.5 Å². The van der Waals surface area contributed by atoms with Gasteiger partial charge in [0, 0.05) is 17.1 Å². The van der Waals surface area contributed by atoms with Crippen LogP contribution in [0.25, 0.3) is 10.9 Å². The number of ether oxygens (including phenoxy) is 3. The van der Waals surface area contributed by atoms with Crippen LogP contribution in [0.1, 0.15) is 16.1 Å². The Morgan fingerprint density at radius 1 is 1.00 bits per heavy atom. The van der Waals surface area contributed by atoms with Crippen LogP contribution < -0.4 is 19.5 Å². The molecule has 1 aromatic heterocycles. The Balaban J connectivity index is 2.04. The van der Waals surface area contributed by atoms with Gasteiger partial charge < -0.3 is 24.5 Å². The maximum atomic E-state index is 12.6. The van der Waals surface area contributed by atoms with Crippen molar-refractivity contribution in [2.45, 2.75) is 6.92 Å². The summed E-state index contributed by atoms with van der Waals surface area (Å²) < 4.78 is 16.2. The highest BCUT2D eigenvalue weighted by Crippen LogP contribution is 2.41. The lowest BCUT2D eigenvalue weighted by Gasteiger charge is -2.11. The van der Waals surface area contributed by atoms with Crippen LogP contribution in [0.15, 0.2) is 36.4 Å². The number of methoxy groups -OCH3 is 3. The minimum atomic E-state index is -0.245. The van der Waals surface area contributed by atoms with E-state index in [-0.39, 0.29) is 5.91 Å². The van der Waals surface area contributed by atoms with Crippen molar-refractivity contribution in [3.63, 3.8) is 0 Å². The number of anilines is 1. The SMILES string of the molecule is COc1cc(OC)c2cc(C(=O)Nc3cccc(C)c3)[nH]c2c1OC. The molecule has 0 spiro atoms. The molecule has 0 radical (unpaired) electrons. The lowest BCUT2D eigenvalue weighted by Crippen LogP contribution is -2.12. The van der Waals surface area contributed by atoms with Crippen LogP contribution in [0.2, 0.25) is 0 Å². The second-order valence-corrected chi connectivity index (χ2v) is 5.61. The van der Waals surface area contributed by atoms with Gasteiger partial charge in [0.05, 0.1) is 26.8 Å². The average molecular weight is 340 g/mol. The summed E-state index contributed by atoms with van der Waals surface area (Å²) in [6, 6.07) is 11.1. The Kier molecular flexibility index (Phi) is 4.52. The fraction of sp³-hybridized carbons (Fsp3) is 0.211. The van der Waals surface area contributed by atoms with Gasteiger partial charge in [0.2, 0.25) is 0 Å². The highest BCUT2D eigenvalue weighted by Gasteiger charge is 2.19. The Hall–Kier alpha value is -3.15. The van der Waals surface area contributed by atoms with Gasteiger partial charge in [0.15, 0.2) is 11.5 Å². The van der Waals surface area contributed by atoms with E-state index in [2.05, 4.69) is 10.3 Å². The molecule has 1 heterocycles. The maximum Gasteiger partial charge on any atom is 0.272 e. The molecule has 0 bridgehead atoms. The molecule has 6 nitrogen and oxygen atoms in total. The first-order valence-corrected chi connectivity index (χ1v) is 7.77. The van der Waals surface area contributed by atoms with Gasteiger partial charge in [-0.05, 0) is 30.7 Å². The topological polar surface area (TPSA) is 72.6 Å². The molecule has 0 fully saturated rings. The van der Waals surface area contributed by atoms with Gasteiger partial charge in [0.1, 0.15) is 11.4 Å². The number of carbonyl (C=O) groups excluding carboxylic acids is 1. The number of aryl methyl sites for hydroxylation is 1. The molecule has 0 aliphatic heterocycles. The Bertz CT molecular complexity index is 931. The molecule has 3 aromatic rings. The van der Waals surface area contributed by atoms with Gasteiger partial charge in [-0.1, -0.05) is 12.1 Å². The van der Waals surface area contributed by atoms with E-state index >= 15 is 0 Å². The van der Waals surface area contributed by atoms with Crippen molar-refractivity contribution in [2.24, 2.45) is 0 Å². The van der Waals surface area contributed by atoms with E-state index in [1.807, 2.05) is 31.2 Å². The normalized spacial score (nSPS) is 10.6. The molecule has 2 N–H and O–H groups in total. The molecule has 6 heteroatoms. The van der Waals surface area contributed by atoms with Gasteiger partial charge >= 0.3 is 0 Å². The summed E-state index contributed by atoms with van der Waals surface area (Å²) in [7, 11) is 4.68. The Labute approximate surface area is 145 Å². The van der Waals surface area contributed by atoms with Gasteiger partial charge in [-0.25, -0.2) is 0 Å². The first kappa shape index (κ1) is 16.7. The number of aromatic amines is 1. The predicted octanol–water partition coefficient (Wildman–Crippen LogP) is 3.75. The lowest BCUT2D eigenvalue weighted by atomic mass is 10.2. The van der Waals surface area contributed by atoms with Gasteiger partial charge in [-0.3, -0.25) is 4.79 Å². The summed E-state index contributed by atoms with van der Waals surface area (Å²) >= 11 is 0. The molecule has 0 aliphatic carbocycles. The first-order valence-electron chi connectivity index (χ1n) is 7.77. The molecule has 0 saturated heterocycles. The van der Waals surface area contributed by atoms with Crippen LogP contribution in [0, 0.1) is 6.92 Å². The third-order valence-electron chi connectivity index (χ3n) is 3.96. The summed E-state index contributed by atoms with van der Waals surface area (Å²) in [5, 5.41) is 3.63. The second-order valence-electron chi connectivity index (χ2n) is 5.61. The zero-order valence-corrected chi connectivity index (χ0v) is 14.6. The fourth-order valence-electron chi connectivity index (χ4n) is 2.78. The average Bonchev–Trinajstić information content (AvgIpc) is 3.05. The molecule has 130 valence electrons. The lowest BCUT2D eigenvalue weighted by molar-refractivity contribution is 0.102. The number of rotatable bonds is 5. The third-order valence-corrected chi connectivity index (χ3v) is 3.96. The predicted molar refractivity (Wildman–Crippen MR) is 97.1 cm³/mol. The number of nitrogens with one attached hydrogen (secondary N) is 2. The fourth-order valence-corrected chi connectivity index (χ4v) is 2.78. The van der Waals surface area contributed by atoms with E-state index in [0.29, 0.717) is 28.5 Å². The van der Waals surface area contributed by atoms with Crippen LogP contribution in [0.3, 0.4) is 0 Å².